The number of benzene rings is 2. The average Bonchev–Trinajstić information content (AvgIpc) is 3.04. The first-order chi connectivity index (χ1) is 14.8. The molecule has 1 saturated heterocycles. The molecule has 2 aromatic rings. The number of fused-ring (bicyclic) bond motifs is 1. The van der Waals surface area contributed by atoms with Gasteiger partial charge in [0.15, 0.2) is 0 Å². The Morgan fingerprint density at radius 1 is 1.06 bits per heavy atom. The summed E-state index contributed by atoms with van der Waals surface area (Å²) in [5.74, 6) is 0.289. The van der Waals surface area contributed by atoms with Crippen molar-refractivity contribution in [3.05, 3.63) is 58.0 Å². The Morgan fingerprint density at radius 2 is 1.77 bits per heavy atom. The number of rotatable bonds is 5. The first-order valence-electron chi connectivity index (χ1n) is 9.98. The van der Waals surface area contributed by atoms with E-state index in [2.05, 4.69) is 28.5 Å². The molecule has 0 aliphatic carbocycles. The molecule has 7 nitrogen and oxygen atoms in total. The Bertz CT molecular complexity index is 1090. The molecular formula is C23H23N3O4S. The van der Waals surface area contributed by atoms with Gasteiger partial charge in [-0.2, -0.15) is 0 Å². The number of nitrogens with one attached hydrogen (secondary N) is 2. The van der Waals surface area contributed by atoms with Crippen molar-refractivity contribution in [1.29, 1.82) is 0 Å². The molecule has 2 aliphatic heterocycles. The van der Waals surface area contributed by atoms with Gasteiger partial charge < -0.3 is 15.0 Å². The molecule has 8 heteroatoms. The van der Waals surface area contributed by atoms with E-state index in [1.165, 1.54) is 5.56 Å². The predicted octanol–water partition coefficient (Wildman–Crippen LogP) is 3.85. The molecule has 31 heavy (non-hydrogen) atoms. The molecule has 2 aliphatic rings. The summed E-state index contributed by atoms with van der Waals surface area (Å²) in [6, 6.07) is 11.1. The van der Waals surface area contributed by atoms with E-state index >= 15 is 0 Å². The minimum atomic E-state index is -0.374. The van der Waals surface area contributed by atoms with E-state index in [9.17, 15) is 14.4 Å². The number of hydrogen-bond acceptors (Lipinski definition) is 6. The van der Waals surface area contributed by atoms with Gasteiger partial charge in [-0.25, -0.2) is 0 Å². The van der Waals surface area contributed by atoms with E-state index in [1.807, 2.05) is 44.2 Å². The minimum Gasteiger partial charge on any atom is -0.492 e. The first kappa shape index (κ1) is 21.0. The summed E-state index contributed by atoms with van der Waals surface area (Å²) in [7, 11) is 0. The van der Waals surface area contributed by atoms with Crippen LogP contribution in [-0.2, 0) is 9.59 Å². The Balaban J connectivity index is 1.41. The van der Waals surface area contributed by atoms with Gasteiger partial charge in [-0.05, 0) is 79.6 Å². The molecule has 0 bridgehead atoms. The third kappa shape index (κ3) is 4.44. The number of carbonyl (C=O) groups is 3. The highest BCUT2D eigenvalue weighted by Crippen LogP contribution is 2.34. The molecule has 1 unspecified atom stereocenters. The predicted molar refractivity (Wildman–Crippen MR) is 122 cm³/mol. The van der Waals surface area contributed by atoms with E-state index in [4.69, 9.17) is 4.74 Å². The standard InChI is InChI=1S/C23H23N3O4S/c1-13-10-18-19(11-14(13)2)26(15(3)21(27)24-18)8-9-30-17-6-4-16(5-7-17)12-20-22(28)25-23(29)31-20/h4-7,10-12,15H,8-9H2,1-3H3,(H,24,27)(H,25,28,29). The van der Waals surface area contributed by atoms with Gasteiger partial charge in [-0.3, -0.25) is 19.7 Å². The molecule has 1 atom stereocenters. The number of amides is 3. The molecule has 0 aromatic heterocycles. The van der Waals surface area contributed by atoms with Crippen LogP contribution in [0.3, 0.4) is 0 Å². The fraction of sp³-hybridized carbons (Fsp3) is 0.261. The second kappa shape index (κ2) is 8.47. The number of nitrogens with zero attached hydrogens (tertiary/aromatic N) is 1. The molecule has 1 fully saturated rings. The molecule has 2 N–H and O–H groups in total. The van der Waals surface area contributed by atoms with E-state index in [-0.39, 0.29) is 23.1 Å². The third-order valence-electron chi connectivity index (χ3n) is 5.45. The zero-order valence-corrected chi connectivity index (χ0v) is 18.3. The maximum atomic E-state index is 12.4. The zero-order chi connectivity index (χ0) is 22.1. The summed E-state index contributed by atoms with van der Waals surface area (Å²) < 4.78 is 5.89. The van der Waals surface area contributed by atoms with Gasteiger partial charge in [0, 0.05) is 0 Å². The lowest BCUT2D eigenvalue weighted by Crippen LogP contribution is -2.47. The van der Waals surface area contributed by atoms with Gasteiger partial charge in [-0.15, -0.1) is 0 Å². The smallest absolute Gasteiger partial charge is 0.290 e. The van der Waals surface area contributed by atoms with Crippen LogP contribution in [-0.4, -0.2) is 36.2 Å². The summed E-state index contributed by atoms with van der Waals surface area (Å²) in [6.45, 7) is 6.96. The van der Waals surface area contributed by atoms with Gasteiger partial charge >= 0.3 is 0 Å². The zero-order valence-electron chi connectivity index (χ0n) is 17.5. The van der Waals surface area contributed by atoms with E-state index < -0.39 is 0 Å². The highest BCUT2D eigenvalue weighted by molar-refractivity contribution is 8.18. The molecule has 0 spiro atoms. The van der Waals surface area contributed by atoms with Crippen LogP contribution in [0.2, 0.25) is 0 Å². The van der Waals surface area contributed by atoms with Crippen LogP contribution >= 0.6 is 11.8 Å². The van der Waals surface area contributed by atoms with Crippen molar-refractivity contribution in [1.82, 2.24) is 5.32 Å². The normalized spacial score (nSPS) is 19.3. The fourth-order valence-corrected chi connectivity index (χ4v) is 4.22. The van der Waals surface area contributed by atoms with Crippen LogP contribution in [0.1, 0.15) is 23.6 Å². The van der Waals surface area contributed by atoms with Crippen LogP contribution in [0, 0.1) is 13.8 Å². The maximum Gasteiger partial charge on any atom is 0.290 e. The van der Waals surface area contributed by atoms with Gasteiger partial charge in [0.1, 0.15) is 18.4 Å². The first-order valence-corrected chi connectivity index (χ1v) is 10.8. The second-order valence-electron chi connectivity index (χ2n) is 7.58. The molecule has 3 amide bonds. The van der Waals surface area contributed by atoms with E-state index in [0.29, 0.717) is 23.8 Å². The molecule has 2 aromatic carbocycles. The fourth-order valence-electron chi connectivity index (χ4n) is 3.53. The van der Waals surface area contributed by atoms with Crippen molar-refractivity contribution in [2.45, 2.75) is 26.8 Å². The monoisotopic (exact) mass is 437 g/mol. The lowest BCUT2D eigenvalue weighted by molar-refractivity contribution is -0.117. The quantitative estimate of drug-likeness (QED) is 0.691. The number of carbonyl (C=O) groups excluding carboxylic acids is 3. The van der Waals surface area contributed by atoms with Crippen LogP contribution in [0.4, 0.5) is 16.2 Å². The Kier molecular flexibility index (Phi) is 5.73. The van der Waals surface area contributed by atoms with Crippen LogP contribution in [0.25, 0.3) is 6.08 Å². The average molecular weight is 438 g/mol. The van der Waals surface area contributed by atoms with E-state index in [1.54, 1.807) is 6.08 Å². The lowest BCUT2D eigenvalue weighted by Gasteiger charge is -2.36. The summed E-state index contributed by atoms with van der Waals surface area (Å²) in [5.41, 5.74) is 4.95. The van der Waals surface area contributed by atoms with Crippen LogP contribution in [0.5, 0.6) is 5.75 Å². The van der Waals surface area contributed by atoms with Gasteiger partial charge in [0.05, 0.1) is 22.8 Å². The number of aryl methyl sites for hydroxylation is 2. The number of imide groups is 1. The molecule has 2 heterocycles. The molecule has 0 radical (unpaired) electrons. The minimum absolute atomic E-state index is 0.0274. The number of ether oxygens (including phenoxy) is 1. The number of thioether (sulfide) groups is 1. The third-order valence-corrected chi connectivity index (χ3v) is 6.26. The van der Waals surface area contributed by atoms with Crippen molar-refractivity contribution in [3.63, 3.8) is 0 Å². The van der Waals surface area contributed by atoms with Crippen molar-refractivity contribution < 1.29 is 19.1 Å². The van der Waals surface area contributed by atoms with Crippen molar-refractivity contribution >= 4 is 46.3 Å². The number of anilines is 2. The Hall–Kier alpha value is -3.26. The van der Waals surface area contributed by atoms with E-state index in [0.717, 1.165) is 34.3 Å². The largest absolute Gasteiger partial charge is 0.492 e. The SMILES string of the molecule is Cc1cc2c(cc1C)N(CCOc1ccc(C=C3SC(=O)NC3=O)cc1)C(C)C(=O)N2. The topological polar surface area (TPSA) is 87.7 Å². The van der Waals surface area contributed by atoms with Gasteiger partial charge in [0.2, 0.25) is 5.91 Å². The highest BCUT2D eigenvalue weighted by atomic mass is 32.2. The molecule has 160 valence electrons. The highest BCUT2D eigenvalue weighted by Gasteiger charge is 2.29. The number of hydrogen-bond donors (Lipinski definition) is 2. The second-order valence-corrected chi connectivity index (χ2v) is 8.60. The summed E-state index contributed by atoms with van der Waals surface area (Å²) in [4.78, 5) is 37.7. The summed E-state index contributed by atoms with van der Waals surface area (Å²) >= 11 is 0.891. The lowest BCUT2D eigenvalue weighted by atomic mass is 10.0. The van der Waals surface area contributed by atoms with Gasteiger partial charge in [0.25, 0.3) is 11.1 Å². The molecule has 4 rings (SSSR count). The van der Waals surface area contributed by atoms with Crippen molar-refractivity contribution in [3.8, 4) is 5.75 Å². The van der Waals surface area contributed by atoms with Crippen molar-refractivity contribution in [2.24, 2.45) is 0 Å². The van der Waals surface area contributed by atoms with Crippen LogP contribution in [0.15, 0.2) is 41.3 Å². The summed E-state index contributed by atoms with van der Waals surface area (Å²) in [6.07, 6.45) is 1.67. The van der Waals surface area contributed by atoms with Gasteiger partial charge in [-0.1, -0.05) is 12.1 Å². The Labute approximate surface area is 184 Å². The molecule has 0 saturated carbocycles. The Morgan fingerprint density at radius 3 is 2.45 bits per heavy atom. The van der Waals surface area contributed by atoms with Crippen molar-refractivity contribution in [2.75, 3.05) is 23.4 Å². The summed E-state index contributed by atoms with van der Waals surface area (Å²) in [5, 5.41) is 4.86. The molecular weight excluding hydrogens is 414 g/mol. The maximum absolute atomic E-state index is 12.4. The van der Waals surface area contributed by atoms with Crippen LogP contribution < -0.4 is 20.3 Å².